The molecule has 0 radical (unpaired) electrons. The first kappa shape index (κ1) is 36.0. The minimum atomic E-state index is -0.161. The molecule has 10 heteroatoms. The summed E-state index contributed by atoms with van der Waals surface area (Å²) in [6, 6.07) is 0.446. The molecule has 0 aliphatic rings. The second-order valence-electron chi connectivity index (χ2n) is 7.32. The molecule has 0 saturated carbocycles. The van der Waals surface area contributed by atoms with Crippen LogP contribution in [0.4, 0.5) is 0 Å². The minimum absolute atomic E-state index is 0. The number of hydrogen-bond donors (Lipinski definition) is 6. The Morgan fingerprint density at radius 1 is 0.548 bits per heavy atom. The summed E-state index contributed by atoms with van der Waals surface area (Å²) in [5, 5.41) is 34.8. The smallest absolute Gasteiger partial charge is 0.187 e. The van der Waals surface area contributed by atoms with Crippen molar-refractivity contribution in [3.05, 3.63) is 35.9 Å². The Kier molecular flexibility index (Phi) is 24.1. The van der Waals surface area contributed by atoms with E-state index in [1.165, 1.54) is 20.8 Å². The van der Waals surface area contributed by atoms with Gasteiger partial charge in [0.1, 0.15) is 0 Å². The van der Waals surface area contributed by atoms with Gasteiger partial charge in [0.25, 0.3) is 0 Å². The molecule has 182 valence electrons. The van der Waals surface area contributed by atoms with E-state index in [0.717, 1.165) is 18.2 Å². The second-order valence-corrected chi connectivity index (χ2v) is 7.32. The van der Waals surface area contributed by atoms with Crippen LogP contribution < -0.4 is 16.0 Å². The maximum absolute atomic E-state index is 10.4. The first-order valence-corrected chi connectivity index (χ1v) is 9.60. The van der Waals surface area contributed by atoms with Crippen LogP contribution in [0.1, 0.15) is 62.3 Å². The van der Waals surface area contributed by atoms with E-state index >= 15 is 0 Å². The van der Waals surface area contributed by atoms with Crippen LogP contribution in [0.25, 0.3) is 0 Å². The topological polar surface area (TPSA) is 148 Å². The first-order valence-electron chi connectivity index (χ1n) is 9.60. The van der Waals surface area contributed by atoms with Crippen LogP contribution >= 0.6 is 0 Å². The van der Waals surface area contributed by atoms with Gasteiger partial charge in [0, 0.05) is 53.4 Å². The zero-order valence-electron chi connectivity index (χ0n) is 19.9. The van der Waals surface area contributed by atoms with Crippen molar-refractivity contribution >= 4 is 17.3 Å². The van der Waals surface area contributed by atoms with Gasteiger partial charge in [0.2, 0.25) is 0 Å². The molecule has 0 bridgehead atoms. The Bertz CT molecular complexity index is 541. The molecule has 0 aromatic rings. The molecule has 0 unspecified atom stereocenters. The molecule has 6 N–H and O–H groups in total. The maximum Gasteiger partial charge on any atom is 0.187 e. The Morgan fingerprint density at radius 2 is 0.710 bits per heavy atom. The van der Waals surface area contributed by atoms with Gasteiger partial charge in [-0.3, -0.25) is 14.4 Å². The van der Waals surface area contributed by atoms with Crippen molar-refractivity contribution < 1.29 is 46.8 Å². The molecule has 0 spiro atoms. The van der Waals surface area contributed by atoms with Gasteiger partial charge in [-0.15, -0.1) is 0 Å². The molecule has 0 aromatic carbocycles. The molecular formula is C21H39FeN3O6. The monoisotopic (exact) mass is 485 g/mol. The summed E-state index contributed by atoms with van der Waals surface area (Å²) >= 11 is 0. The molecule has 0 atom stereocenters. The molecular weight excluding hydrogens is 446 g/mol. The van der Waals surface area contributed by atoms with Crippen molar-refractivity contribution in [2.24, 2.45) is 0 Å². The summed E-state index contributed by atoms with van der Waals surface area (Å²) in [6.07, 6.45) is 3.46. The summed E-state index contributed by atoms with van der Waals surface area (Å²) in [6.45, 7) is 15.4. The van der Waals surface area contributed by atoms with Gasteiger partial charge in [0.15, 0.2) is 35.0 Å². The SMILES string of the molecule is CC(=O)C=C(O)NC(C)C.CC(=O)C=C(O)NC(C)C.CC(=O)C=C(O)NC(C)C.[Fe]. The molecule has 9 nitrogen and oxygen atoms in total. The number of rotatable bonds is 9. The number of carbonyl (C=O) groups excluding carboxylic acids is 3. The molecule has 0 aliphatic heterocycles. The summed E-state index contributed by atoms with van der Waals surface area (Å²) in [7, 11) is 0. The minimum Gasteiger partial charge on any atom is -0.495 e. The van der Waals surface area contributed by atoms with Crippen LogP contribution in [0.15, 0.2) is 35.9 Å². The van der Waals surface area contributed by atoms with Crippen molar-refractivity contribution in [2.45, 2.75) is 80.4 Å². The Labute approximate surface area is 196 Å². The predicted molar refractivity (Wildman–Crippen MR) is 119 cm³/mol. The van der Waals surface area contributed by atoms with E-state index in [4.69, 9.17) is 15.3 Å². The number of aliphatic hydroxyl groups excluding tert-OH is 3. The third-order valence-electron chi connectivity index (χ3n) is 2.33. The summed E-state index contributed by atoms with van der Waals surface area (Å²) in [5.74, 6) is -0.686. The predicted octanol–water partition coefficient (Wildman–Crippen LogP) is 2.92. The number of aliphatic hydroxyl groups is 3. The van der Waals surface area contributed by atoms with Crippen molar-refractivity contribution in [1.29, 1.82) is 0 Å². The zero-order valence-corrected chi connectivity index (χ0v) is 21.0. The fraction of sp³-hybridized carbons (Fsp3) is 0.571. The van der Waals surface area contributed by atoms with E-state index in [-0.39, 0.29) is 70.2 Å². The average Bonchev–Trinajstić information content (AvgIpc) is 2.42. The number of hydrogen-bond acceptors (Lipinski definition) is 9. The van der Waals surface area contributed by atoms with E-state index in [1.54, 1.807) is 0 Å². The molecule has 0 saturated heterocycles. The van der Waals surface area contributed by atoms with Gasteiger partial charge in [-0.2, -0.15) is 0 Å². The van der Waals surface area contributed by atoms with Crippen molar-refractivity contribution in [3.8, 4) is 0 Å². The van der Waals surface area contributed by atoms with Crippen molar-refractivity contribution in [3.63, 3.8) is 0 Å². The quantitative estimate of drug-likeness (QED) is 0.165. The van der Waals surface area contributed by atoms with Gasteiger partial charge in [0.05, 0.1) is 0 Å². The van der Waals surface area contributed by atoms with E-state index in [9.17, 15) is 14.4 Å². The van der Waals surface area contributed by atoms with Crippen LogP contribution in [0.5, 0.6) is 0 Å². The molecule has 0 aliphatic carbocycles. The first-order chi connectivity index (χ1) is 13.6. The molecule has 31 heavy (non-hydrogen) atoms. The second kappa shape index (κ2) is 20.8. The van der Waals surface area contributed by atoms with Crippen molar-refractivity contribution in [1.82, 2.24) is 16.0 Å². The standard InChI is InChI=1S/3C7H13NO2.Fe/c3*1-5(2)8-7(10)4-6(3)9;/h3*4-5,8,10H,1-3H3;. The van der Waals surface area contributed by atoms with Crippen LogP contribution in [-0.4, -0.2) is 50.8 Å². The van der Waals surface area contributed by atoms with Crippen molar-refractivity contribution in [2.75, 3.05) is 0 Å². The Balaban J connectivity index is -0.000000174. The Morgan fingerprint density at radius 3 is 0.806 bits per heavy atom. The molecule has 0 aromatic heterocycles. The molecule has 0 heterocycles. The average molecular weight is 485 g/mol. The third kappa shape index (κ3) is 38.7. The Hall–Kier alpha value is -2.45. The normalized spacial score (nSPS) is 11.4. The third-order valence-corrected chi connectivity index (χ3v) is 2.33. The zero-order chi connectivity index (χ0) is 24.4. The fourth-order valence-corrected chi connectivity index (χ4v) is 1.59. The number of nitrogens with one attached hydrogen (secondary N) is 3. The number of allylic oxidation sites excluding steroid dienone is 3. The van der Waals surface area contributed by atoms with Crippen LogP contribution in [0.3, 0.4) is 0 Å². The maximum atomic E-state index is 10.4. The van der Waals surface area contributed by atoms with Gasteiger partial charge in [-0.1, -0.05) is 0 Å². The van der Waals surface area contributed by atoms with E-state index < -0.39 is 0 Å². The van der Waals surface area contributed by atoms with Gasteiger partial charge < -0.3 is 31.3 Å². The fourth-order valence-electron chi connectivity index (χ4n) is 1.59. The molecule has 0 rings (SSSR count). The molecule has 0 amide bonds. The summed E-state index contributed by atoms with van der Waals surface area (Å²) in [4.78, 5) is 31.1. The summed E-state index contributed by atoms with van der Waals surface area (Å²) < 4.78 is 0. The van der Waals surface area contributed by atoms with E-state index in [1.807, 2.05) is 41.5 Å². The van der Waals surface area contributed by atoms with E-state index in [2.05, 4.69) is 16.0 Å². The van der Waals surface area contributed by atoms with Crippen LogP contribution in [0, 0.1) is 0 Å². The van der Waals surface area contributed by atoms with Crippen LogP contribution in [-0.2, 0) is 31.5 Å². The molecule has 0 fully saturated rings. The van der Waals surface area contributed by atoms with E-state index in [0.29, 0.717) is 0 Å². The number of carbonyl (C=O) groups is 3. The number of ketones is 3. The summed E-state index contributed by atoms with van der Waals surface area (Å²) in [5.41, 5.74) is 0. The van der Waals surface area contributed by atoms with Crippen LogP contribution in [0.2, 0.25) is 0 Å². The van der Waals surface area contributed by atoms with Gasteiger partial charge in [-0.05, 0) is 62.3 Å². The van der Waals surface area contributed by atoms with Gasteiger partial charge >= 0.3 is 0 Å². The largest absolute Gasteiger partial charge is 0.495 e. The van der Waals surface area contributed by atoms with Gasteiger partial charge in [-0.25, -0.2) is 0 Å².